The van der Waals surface area contributed by atoms with E-state index in [-0.39, 0.29) is 18.2 Å². The standard InChI is InChI=1S/C22H25N3O2S/c1-2-3-14-25-21(27)19(28-22(25)24-18-12-8-5-9-13-18)15-20(26)23-16-17-10-6-4-7-11-17/h4-13,19H,2-3,14-16H2,1H3,(H,23,26). The zero-order valence-corrected chi connectivity index (χ0v) is 16.8. The number of thioether (sulfide) groups is 1. The lowest BCUT2D eigenvalue weighted by Crippen LogP contribution is -2.35. The van der Waals surface area contributed by atoms with Gasteiger partial charge in [-0.2, -0.15) is 0 Å². The van der Waals surface area contributed by atoms with Crippen LogP contribution in [0.4, 0.5) is 5.69 Å². The molecule has 0 saturated carbocycles. The lowest BCUT2D eigenvalue weighted by atomic mass is 10.2. The van der Waals surface area contributed by atoms with E-state index in [9.17, 15) is 9.59 Å². The van der Waals surface area contributed by atoms with E-state index in [0.29, 0.717) is 18.3 Å². The highest BCUT2D eigenvalue weighted by atomic mass is 32.2. The Kier molecular flexibility index (Phi) is 7.25. The minimum atomic E-state index is -0.421. The maximum Gasteiger partial charge on any atom is 0.242 e. The van der Waals surface area contributed by atoms with Gasteiger partial charge >= 0.3 is 0 Å². The van der Waals surface area contributed by atoms with Crippen LogP contribution in [-0.2, 0) is 16.1 Å². The van der Waals surface area contributed by atoms with Crippen LogP contribution in [-0.4, -0.2) is 33.7 Å². The van der Waals surface area contributed by atoms with Crippen molar-refractivity contribution in [3.05, 3.63) is 66.2 Å². The van der Waals surface area contributed by atoms with Gasteiger partial charge in [-0.05, 0) is 24.1 Å². The quantitative estimate of drug-likeness (QED) is 0.731. The third kappa shape index (κ3) is 5.45. The molecule has 1 aliphatic rings. The van der Waals surface area contributed by atoms with Gasteiger partial charge in [-0.15, -0.1) is 0 Å². The molecule has 0 spiro atoms. The maximum absolute atomic E-state index is 12.9. The van der Waals surface area contributed by atoms with Gasteiger partial charge in [-0.1, -0.05) is 73.6 Å². The number of nitrogens with zero attached hydrogens (tertiary/aromatic N) is 2. The molecule has 28 heavy (non-hydrogen) atoms. The minimum Gasteiger partial charge on any atom is -0.352 e. The van der Waals surface area contributed by atoms with Crippen molar-refractivity contribution in [1.82, 2.24) is 10.2 Å². The summed E-state index contributed by atoms with van der Waals surface area (Å²) in [6.07, 6.45) is 2.06. The SMILES string of the molecule is CCCCN1C(=O)C(CC(=O)NCc2ccccc2)SC1=Nc1ccccc1. The van der Waals surface area contributed by atoms with Gasteiger partial charge in [0.15, 0.2) is 5.17 Å². The van der Waals surface area contributed by atoms with Crippen molar-refractivity contribution >= 4 is 34.4 Å². The highest BCUT2D eigenvalue weighted by Crippen LogP contribution is 2.31. The fourth-order valence-corrected chi connectivity index (χ4v) is 4.08. The van der Waals surface area contributed by atoms with E-state index in [2.05, 4.69) is 17.2 Å². The predicted octanol–water partition coefficient (Wildman–Crippen LogP) is 4.12. The number of carbonyl (C=O) groups excluding carboxylic acids is 2. The highest BCUT2D eigenvalue weighted by Gasteiger charge is 2.38. The molecule has 146 valence electrons. The van der Waals surface area contributed by atoms with Crippen molar-refractivity contribution in [2.75, 3.05) is 6.54 Å². The molecule has 2 aromatic carbocycles. The van der Waals surface area contributed by atoms with Gasteiger partial charge in [0.2, 0.25) is 11.8 Å². The summed E-state index contributed by atoms with van der Waals surface area (Å²) in [5, 5.41) is 3.17. The molecule has 6 heteroatoms. The summed E-state index contributed by atoms with van der Waals surface area (Å²) in [4.78, 5) is 31.6. The first kappa shape index (κ1) is 20.1. The molecular formula is C22H25N3O2S. The lowest BCUT2D eigenvalue weighted by molar-refractivity contribution is -0.129. The average molecular weight is 396 g/mol. The molecular weight excluding hydrogens is 370 g/mol. The van der Waals surface area contributed by atoms with Crippen LogP contribution >= 0.6 is 11.8 Å². The molecule has 1 N–H and O–H groups in total. The monoisotopic (exact) mass is 395 g/mol. The first-order valence-corrected chi connectivity index (χ1v) is 10.5. The second-order valence-electron chi connectivity index (χ2n) is 6.65. The molecule has 2 aromatic rings. The number of carbonyl (C=O) groups is 2. The van der Waals surface area contributed by atoms with Gasteiger partial charge in [-0.3, -0.25) is 14.5 Å². The molecule has 1 heterocycles. The Bertz CT molecular complexity index is 824. The van der Waals surface area contributed by atoms with Crippen LogP contribution in [0.25, 0.3) is 0 Å². The largest absolute Gasteiger partial charge is 0.352 e. The number of para-hydroxylation sites is 1. The summed E-state index contributed by atoms with van der Waals surface area (Å²) < 4.78 is 0. The normalized spacial score (nSPS) is 17.9. The zero-order chi connectivity index (χ0) is 19.8. The Hall–Kier alpha value is -2.60. The Morgan fingerprint density at radius 1 is 1.11 bits per heavy atom. The third-order valence-electron chi connectivity index (χ3n) is 4.44. The number of nitrogens with one attached hydrogen (secondary N) is 1. The molecule has 0 aliphatic carbocycles. The summed E-state index contributed by atoms with van der Waals surface area (Å²) in [7, 11) is 0. The number of benzene rings is 2. The number of amidine groups is 1. The number of hydrogen-bond acceptors (Lipinski definition) is 4. The van der Waals surface area contributed by atoms with E-state index >= 15 is 0 Å². The van der Waals surface area contributed by atoms with Crippen LogP contribution in [0.3, 0.4) is 0 Å². The summed E-state index contributed by atoms with van der Waals surface area (Å²) in [6.45, 7) is 3.20. The van der Waals surface area contributed by atoms with Crippen molar-refractivity contribution in [2.45, 2.75) is 38.0 Å². The van der Waals surface area contributed by atoms with Gasteiger partial charge in [0.05, 0.1) is 5.69 Å². The molecule has 3 rings (SSSR count). The topological polar surface area (TPSA) is 61.8 Å². The van der Waals surface area contributed by atoms with Gasteiger partial charge in [-0.25, -0.2) is 4.99 Å². The van der Waals surface area contributed by atoms with Crippen molar-refractivity contribution in [3.63, 3.8) is 0 Å². The summed E-state index contributed by atoms with van der Waals surface area (Å²) >= 11 is 1.39. The van der Waals surface area contributed by atoms with Gasteiger partial charge in [0, 0.05) is 19.5 Å². The Morgan fingerprint density at radius 3 is 2.46 bits per heavy atom. The van der Waals surface area contributed by atoms with Crippen molar-refractivity contribution in [3.8, 4) is 0 Å². The second-order valence-corrected chi connectivity index (χ2v) is 7.82. The average Bonchev–Trinajstić information content (AvgIpc) is 3.00. The third-order valence-corrected chi connectivity index (χ3v) is 5.61. The number of hydrogen-bond donors (Lipinski definition) is 1. The minimum absolute atomic E-state index is 0.0250. The summed E-state index contributed by atoms with van der Waals surface area (Å²) in [6, 6.07) is 19.4. The van der Waals surface area contributed by atoms with Crippen LogP contribution in [0.5, 0.6) is 0 Å². The number of amides is 2. The van der Waals surface area contributed by atoms with Crippen molar-refractivity contribution in [1.29, 1.82) is 0 Å². The van der Waals surface area contributed by atoms with Crippen molar-refractivity contribution < 1.29 is 9.59 Å². The summed E-state index contributed by atoms with van der Waals surface area (Å²) in [5.41, 5.74) is 1.85. The first-order valence-electron chi connectivity index (χ1n) is 9.59. The fraction of sp³-hybridized carbons (Fsp3) is 0.318. The number of rotatable bonds is 8. The first-order chi connectivity index (χ1) is 13.7. The predicted molar refractivity (Wildman–Crippen MR) is 114 cm³/mol. The summed E-state index contributed by atoms with van der Waals surface area (Å²) in [5.74, 6) is -0.144. The molecule has 1 fully saturated rings. The van der Waals surface area contributed by atoms with Crippen LogP contribution in [0.1, 0.15) is 31.7 Å². The molecule has 5 nitrogen and oxygen atoms in total. The van der Waals surface area contributed by atoms with Crippen molar-refractivity contribution in [2.24, 2.45) is 4.99 Å². The molecule has 1 aliphatic heterocycles. The Morgan fingerprint density at radius 2 is 1.79 bits per heavy atom. The number of unbranched alkanes of at least 4 members (excludes halogenated alkanes) is 1. The molecule has 1 unspecified atom stereocenters. The van der Waals surface area contributed by atoms with Crippen LogP contribution in [0, 0.1) is 0 Å². The molecule has 0 bridgehead atoms. The molecule has 0 radical (unpaired) electrons. The second kappa shape index (κ2) is 10.1. The Balaban J connectivity index is 1.65. The van der Waals surface area contributed by atoms with E-state index < -0.39 is 5.25 Å². The molecule has 0 aromatic heterocycles. The zero-order valence-electron chi connectivity index (χ0n) is 16.0. The molecule has 2 amide bonds. The maximum atomic E-state index is 12.9. The van der Waals surface area contributed by atoms with E-state index in [0.717, 1.165) is 24.1 Å². The van der Waals surface area contributed by atoms with E-state index in [1.165, 1.54) is 11.8 Å². The van der Waals surface area contributed by atoms with E-state index in [1.54, 1.807) is 4.90 Å². The lowest BCUT2D eigenvalue weighted by Gasteiger charge is -2.15. The van der Waals surface area contributed by atoms with Crippen LogP contribution < -0.4 is 5.32 Å². The highest BCUT2D eigenvalue weighted by molar-refractivity contribution is 8.15. The molecule has 1 saturated heterocycles. The molecule has 1 atom stereocenters. The van der Waals surface area contributed by atoms with Gasteiger partial charge < -0.3 is 5.32 Å². The Labute approximate surface area is 170 Å². The van der Waals surface area contributed by atoms with Crippen LogP contribution in [0.2, 0.25) is 0 Å². The smallest absolute Gasteiger partial charge is 0.242 e. The fourth-order valence-electron chi connectivity index (χ4n) is 2.90. The van der Waals surface area contributed by atoms with Crippen LogP contribution in [0.15, 0.2) is 65.7 Å². The van der Waals surface area contributed by atoms with Gasteiger partial charge in [0.1, 0.15) is 5.25 Å². The van der Waals surface area contributed by atoms with E-state index in [1.807, 2.05) is 60.7 Å². The van der Waals surface area contributed by atoms with Gasteiger partial charge in [0.25, 0.3) is 0 Å². The number of aliphatic imine (C=N–C) groups is 1. The van der Waals surface area contributed by atoms with E-state index in [4.69, 9.17) is 0 Å².